The van der Waals surface area contributed by atoms with Gasteiger partial charge in [0, 0.05) is 0 Å². The fourth-order valence-electron chi connectivity index (χ4n) is 0.896. The molecule has 0 bridgehead atoms. The van der Waals surface area contributed by atoms with Gasteiger partial charge in [-0.25, -0.2) is 0 Å². The molecule has 0 aliphatic carbocycles. The molecule has 0 saturated heterocycles. The van der Waals surface area contributed by atoms with Crippen molar-refractivity contribution >= 4 is 27.7 Å². The second kappa shape index (κ2) is 4.36. The first-order valence-corrected chi connectivity index (χ1v) is 4.63. The van der Waals surface area contributed by atoms with Crippen molar-refractivity contribution in [2.75, 3.05) is 0 Å². The number of carbonyl (C=O) groups excluding carboxylic acids is 1. The number of nitro groups is 1. The van der Waals surface area contributed by atoms with Gasteiger partial charge in [0.25, 0.3) is 0 Å². The Kier molecular flexibility index (Phi) is 3.37. The number of carbonyl (C=O) groups is 1. The molecule has 1 atom stereocenters. The smallest absolute Gasteiger partial charge is 0.368 e. The van der Waals surface area contributed by atoms with Crippen molar-refractivity contribution < 1.29 is 9.72 Å². The molecule has 0 aliphatic heterocycles. The summed E-state index contributed by atoms with van der Waals surface area (Å²) in [6, 6.07) is -0.920. The number of hydrogen-bond acceptors (Lipinski definition) is 5. The average Bonchev–Trinajstić information content (AvgIpc) is 2.46. The van der Waals surface area contributed by atoms with E-state index in [2.05, 4.69) is 21.0 Å². The Balaban J connectivity index is 2.84. The van der Waals surface area contributed by atoms with Crippen molar-refractivity contribution in [1.82, 2.24) is 9.78 Å². The third-order valence-corrected chi connectivity index (χ3v) is 2.18. The number of aromatic nitrogens is 2. The number of nitrogens with zero attached hydrogens (tertiary/aromatic N) is 3. The number of rotatable bonds is 4. The van der Waals surface area contributed by atoms with Gasteiger partial charge in [-0.2, -0.15) is 4.68 Å². The zero-order valence-corrected chi connectivity index (χ0v) is 9.05. The van der Waals surface area contributed by atoms with Crippen LogP contribution in [-0.4, -0.2) is 26.7 Å². The van der Waals surface area contributed by atoms with Crippen molar-refractivity contribution in [1.29, 1.82) is 0 Å². The minimum atomic E-state index is -0.920. The van der Waals surface area contributed by atoms with Crippen LogP contribution in [0.1, 0.15) is 0 Å². The van der Waals surface area contributed by atoms with Gasteiger partial charge in [-0.1, -0.05) is 0 Å². The van der Waals surface area contributed by atoms with Crippen LogP contribution < -0.4 is 11.5 Å². The first-order chi connectivity index (χ1) is 6.91. The molecule has 1 rings (SSSR count). The number of nitrogens with two attached hydrogens (primary N) is 2. The topological polar surface area (TPSA) is 130 Å². The van der Waals surface area contributed by atoms with Gasteiger partial charge in [0.15, 0.2) is 0 Å². The predicted octanol–water partition coefficient (Wildman–Crippen LogP) is -0.634. The lowest BCUT2D eigenvalue weighted by Crippen LogP contribution is -2.39. The highest BCUT2D eigenvalue weighted by Gasteiger charge is 2.20. The molecule has 1 unspecified atom stereocenters. The molecule has 82 valence electrons. The Bertz CT molecular complexity index is 403. The molecule has 0 aromatic carbocycles. The molecular formula is C6H8BrN5O3. The van der Waals surface area contributed by atoms with Crippen molar-refractivity contribution in [2.45, 2.75) is 12.6 Å². The minimum absolute atomic E-state index is 0.00176. The molecule has 15 heavy (non-hydrogen) atoms. The molecule has 1 amide bonds. The van der Waals surface area contributed by atoms with Crippen LogP contribution in [0.5, 0.6) is 0 Å². The molecule has 1 aromatic heterocycles. The molecule has 0 fully saturated rings. The first-order valence-electron chi connectivity index (χ1n) is 3.84. The highest BCUT2D eigenvalue weighted by atomic mass is 79.9. The summed E-state index contributed by atoms with van der Waals surface area (Å²) < 4.78 is 1.42. The molecule has 1 aromatic rings. The minimum Gasteiger partial charge on any atom is -0.368 e. The van der Waals surface area contributed by atoms with Crippen molar-refractivity contribution in [3.8, 4) is 0 Å². The molecule has 4 N–H and O–H groups in total. The van der Waals surface area contributed by atoms with Crippen LogP contribution in [0.4, 0.5) is 5.82 Å². The number of primary amides is 1. The summed E-state index contributed by atoms with van der Waals surface area (Å²) >= 11 is 2.96. The summed E-state index contributed by atoms with van der Waals surface area (Å²) in [5, 5.41) is 14.0. The van der Waals surface area contributed by atoms with E-state index < -0.39 is 16.9 Å². The summed E-state index contributed by atoms with van der Waals surface area (Å²) in [7, 11) is 0. The standard InChI is InChI=1S/C6H8BrN5O3/c7-3-1-11(2-4(8)5(9)13)10-6(3)12(14)15/h1,4H,2,8H2,(H2,9,13). The Hall–Kier alpha value is -1.48. The lowest BCUT2D eigenvalue weighted by Gasteiger charge is -2.03. The maximum Gasteiger partial charge on any atom is 0.404 e. The summed E-state index contributed by atoms with van der Waals surface area (Å²) in [6.45, 7) is 0.00176. The first kappa shape index (κ1) is 11.6. The molecule has 9 heteroatoms. The van der Waals surface area contributed by atoms with Gasteiger partial charge in [0.05, 0.1) is 17.8 Å². The molecule has 8 nitrogen and oxygen atoms in total. The summed E-state index contributed by atoms with van der Waals surface area (Å²) in [6.07, 6.45) is 1.36. The number of halogens is 1. The third kappa shape index (κ3) is 2.73. The van der Waals surface area contributed by atoms with Gasteiger partial charge in [-0.15, -0.1) is 0 Å². The number of amides is 1. The van der Waals surface area contributed by atoms with E-state index in [4.69, 9.17) is 11.5 Å². The monoisotopic (exact) mass is 277 g/mol. The van der Waals surface area contributed by atoms with E-state index in [1.807, 2.05) is 0 Å². The van der Waals surface area contributed by atoms with E-state index in [0.717, 1.165) is 0 Å². The van der Waals surface area contributed by atoms with E-state index in [0.29, 0.717) is 0 Å². The van der Waals surface area contributed by atoms with Crippen LogP contribution >= 0.6 is 15.9 Å². The van der Waals surface area contributed by atoms with E-state index in [1.165, 1.54) is 10.9 Å². The van der Waals surface area contributed by atoms with Gasteiger partial charge < -0.3 is 21.6 Å². The van der Waals surface area contributed by atoms with E-state index in [9.17, 15) is 14.9 Å². The zero-order valence-electron chi connectivity index (χ0n) is 7.46. The quantitative estimate of drug-likeness (QED) is 0.559. The van der Waals surface area contributed by atoms with Crippen molar-refractivity contribution in [3.05, 3.63) is 20.8 Å². The molecule has 0 radical (unpaired) electrons. The van der Waals surface area contributed by atoms with Gasteiger partial charge in [-0.3, -0.25) is 4.79 Å². The fourth-order valence-corrected chi connectivity index (χ4v) is 1.36. The Labute approximate surface area is 92.5 Å². The van der Waals surface area contributed by atoms with Crippen molar-refractivity contribution in [2.24, 2.45) is 11.5 Å². The SMILES string of the molecule is NC(=O)C(N)Cn1cc(Br)c([N+](=O)[O-])n1. The molecular weight excluding hydrogens is 270 g/mol. The maximum atomic E-state index is 10.6. The lowest BCUT2D eigenvalue weighted by atomic mass is 10.3. The normalized spacial score (nSPS) is 12.4. The molecule has 1 heterocycles. The lowest BCUT2D eigenvalue weighted by molar-refractivity contribution is -0.390. The Morgan fingerprint density at radius 3 is 2.80 bits per heavy atom. The van der Waals surface area contributed by atoms with E-state index >= 15 is 0 Å². The van der Waals surface area contributed by atoms with Gasteiger partial charge in [0.1, 0.15) is 10.5 Å². The van der Waals surface area contributed by atoms with Crippen LogP contribution in [0.15, 0.2) is 10.7 Å². The fraction of sp³-hybridized carbons (Fsp3) is 0.333. The highest BCUT2D eigenvalue weighted by Crippen LogP contribution is 2.21. The van der Waals surface area contributed by atoms with Crippen LogP contribution in [0.3, 0.4) is 0 Å². The second-order valence-electron chi connectivity index (χ2n) is 2.79. The van der Waals surface area contributed by atoms with Crippen LogP contribution in [0, 0.1) is 10.1 Å². The summed E-state index contributed by atoms with van der Waals surface area (Å²) in [5.41, 5.74) is 10.3. The molecule has 0 aliphatic rings. The van der Waals surface area contributed by atoms with Crippen LogP contribution in [0.2, 0.25) is 0 Å². The molecule has 0 spiro atoms. The van der Waals surface area contributed by atoms with Gasteiger partial charge in [-0.05, 0) is 20.9 Å². The highest BCUT2D eigenvalue weighted by molar-refractivity contribution is 9.10. The van der Waals surface area contributed by atoms with Gasteiger partial charge in [0.2, 0.25) is 5.91 Å². The number of hydrogen-bond donors (Lipinski definition) is 2. The van der Waals surface area contributed by atoms with E-state index in [-0.39, 0.29) is 16.8 Å². The Morgan fingerprint density at radius 1 is 1.80 bits per heavy atom. The Morgan fingerprint density at radius 2 is 2.40 bits per heavy atom. The summed E-state index contributed by atoms with van der Waals surface area (Å²) in [4.78, 5) is 20.4. The third-order valence-electron chi connectivity index (χ3n) is 1.62. The summed E-state index contributed by atoms with van der Waals surface area (Å²) in [5.74, 6) is -1.02. The predicted molar refractivity (Wildman–Crippen MR) is 53.8 cm³/mol. The van der Waals surface area contributed by atoms with E-state index in [1.54, 1.807) is 0 Å². The average molecular weight is 278 g/mol. The van der Waals surface area contributed by atoms with Gasteiger partial charge >= 0.3 is 5.82 Å². The largest absolute Gasteiger partial charge is 0.404 e. The molecule has 0 saturated carbocycles. The zero-order chi connectivity index (χ0) is 11.6. The van der Waals surface area contributed by atoms with Crippen LogP contribution in [-0.2, 0) is 11.3 Å². The maximum absolute atomic E-state index is 10.6. The van der Waals surface area contributed by atoms with Crippen LogP contribution in [0.25, 0.3) is 0 Å². The van der Waals surface area contributed by atoms with Crippen molar-refractivity contribution in [3.63, 3.8) is 0 Å². The second-order valence-corrected chi connectivity index (χ2v) is 3.64.